The van der Waals surface area contributed by atoms with Gasteiger partial charge in [0.25, 0.3) is 0 Å². The monoisotopic (exact) mass is 272 g/mol. The Morgan fingerprint density at radius 3 is 2.75 bits per heavy atom. The summed E-state index contributed by atoms with van der Waals surface area (Å²) >= 11 is 0. The summed E-state index contributed by atoms with van der Waals surface area (Å²) < 4.78 is 6.02. The first-order chi connectivity index (χ1) is 9.64. The Labute approximate surface area is 121 Å². The Kier molecular flexibility index (Phi) is 4.73. The number of likely N-dealkylation sites (N-methyl/N-ethyl adjacent to an activating group) is 1. The van der Waals surface area contributed by atoms with Crippen LogP contribution in [-0.4, -0.2) is 24.2 Å². The van der Waals surface area contributed by atoms with E-state index < -0.39 is 0 Å². The van der Waals surface area contributed by atoms with Crippen molar-refractivity contribution in [2.75, 3.05) is 13.7 Å². The van der Waals surface area contributed by atoms with E-state index in [9.17, 15) is 0 Å². The molecule has 1 N–H and O–H groups in total. The van der Waals surface area contributed by atoms with Crippen molar-refractivity contribution in [1.29, 1.82) is 0 Å². The van der Waals surface area contributed by atoms with Gasteiger partial charge in [0, 0.05) is 18.2 Å². The second-order valence-electron chi connectivity index (χ2n) is 5.28. The minimum absolute atomic E-state index is 0.152. The molecule has 0 aliphatic heterocycles. The summed E-state index contributed by atoms with van der Waals surface area (Å²) in [5.74, 6) is 0. The molecular weight excluding hydrogens is 248 g/mol. The number of hydrogen-bond acceptors (Lipinski definition) is 3. The highest BCUT2D eigenvalue weighted by atomic mass is 16.5. The van der Waals surface area contributed by atoms with E-state index in [0.29, 0.717) is 6.61 Å². The zero-order valence-corrected chi connectivity index (χ0v) is 12.8. The summed E-state index contributed by atoms with van der Waals surface area (Å²) in [7, 11) is 1.99. The SMILES string of the molecule is CCOC(C)(CC)C(NC)c1ccc2cccnc2c1. The third-order valence-electron chi connectivity index (χ3n) is 4.04. The summed E-state index contributed by atoms with van der Waals surface area (Å²) in [6.07, 6.45) is 2.79. The van der Waals surface area contributed by atoms with E-state index in [1.807, 2.05) is 26.2 Å². The normalized spacial score (nSPS) is 16.0. The molecule has 2 unspecified atom stereocenters. The Hall–Kier alpha value is -1.45. The van der Waals surface area contributed by atoms with Crippen molar-refractivity contribution in [3.8, 4) is 0 Å². The quantitative estimate of drug-likeness (QED) is 0.870. The standard InChI is InChI=1S/C17H24N2O/c1-5-17(3,20-6-2)16(18-4)14-10-9-13-8-7-11-19-15(13)12-14/h7-12,16,18H,5-6H2,1-4H3. The lowest BCUT2D eigenvalue weighted by molar-refractivity contribution is -0.0546. The van der Waals surface area contributed by atoms with Gasteiger partial charge in [-0.05, 0) is 45.0 Å². The summed E-state index contributed by atoms with van der Waals surface area (Å²) in [6.45, 7) is 7.09. The topological polar surface area (TPSA) is 34.1 Å². The highest BCUT2D eigenvalue weighted by Crippen LogP contribution is 2.33. The number of pyridine rings is 1. The van der Waals surface area contributed by atoms with Crippen LogP contribution in [0.4, 0.5) is 0 Å². The molecule has 0 fully saturated rings. The molecule has 3 heteroatoms. The molecule has 0 aliphatic rings. The smallest absolute Gasteiger partial charge is 0.0845 e. The van der Waals surface area contributed by atoms with E-state index in [-0.39, 0.29) is 11.6 Å². The molecule has 2 rings (SSSR count). The van der Waals surface area contributed by atoms with Crippen LogP contribution >= 0.6 is 0 Å². The third kappa shape index (κ3) is 2.84. The maximum Gasteiger partial charge on any atom is 0.0845 e. The van der Waals surface area contributed by atoms with Crippen LogP contribution in [0.1, 0.15) is 38.8 Å². The van der Waals surface area contributed by atoms with Gasteiger partial charge in [-0.25, -0.2) is 0 Å². The number of rotatable bonds is 6. The first-order valence-corrected chi connectivity index (χ1v) is 7.30. The lowest BCUT2D eigenvalue weighted by Gasteiger charge is -2.37. The fraction of sp³-hybridized carbons (Fsp3) is 0.471. The molecule has 1 aromatic heterocycles. The molecule has 20 heavy (non-hydrogen) atoms. The number of nitrogens with zero attached hydrogens (tertiary/aromatic N) is 1. The van der Waals surface area contributed by atoms with Crippen molar-refractivity contribution < 1.29 is 4.74 Å². The Balaban J connectivity index is 2.42. The molecule has 2 atom stereocenters. The van der Waals surface area contributed by atoms with E-state index in [2.05, 4.69) is 48.4 Å². The van der Waals surface area contributed by atoms with Gasteiger partial charge in [0.1, 0.15) is 0 Å². The fourth-order valence-electron chi connectivity index (χ4n) is 2.81. The van der Waals surface area contributed by atoms with Gasteiger partial charge in [0.2, 0.25) is 0 Å². The molecule has 3 nitrogen and oxygen atoms in total. The van der Waals surface area contributed by atoms with Crippen molar-refractivity contribution >= 4 is 10.9 Å². The summed E-state index contributed by atoms with van der Waals surface area (Å²) in [5, 5.41) is 4.57. The molecular formula is C17H24N2O. The molecule has 0 saturated heterocycles. The zero-order valence-electron chi connectivity index (χ0n) is 12.8. The minimum atomic E-state index is -0.216. The van der Waals surface area contributed by atoms with Crippen molar-refractivity contribution in [2.24, 2.45) is 0 Å². The molecule has 0 aliphatic carbocycles. The molecule has 1 heterocycles. The number of hydrogen-bond donors (Lipinski definition) is 1. The molecule has 108 valence electrons. The molecule has 1 aromatic carbocycles. The average Bonchev–Trinajstić information content (AvgIpc) is 2.48. The summed E-state index contributed by atoms with van der Waals surface area (Å²) in [4.78, 5) is 4.44. The lowest BCUT2D eigenvalue weighted by atomic mass is 9.87. The molecule has 0 amide bonds. The van der Waals surface area contributed by atoms with Crippen LogP contribution in [-0.2, 0) is 4.74 Å². The van der Waals surface area contributed by atoms with E-state index in [1.165, 1.54) is 10.9 Å². The lowest BCUT2D eigenvalue weighted by Crippen LogP contribution is -2.42. The van der Waals surface area contributed by atoms with Gasteiger partial charge in [-0.3, -0.25) is 4.98 Å². The largest absolute Gasteiger partial charge is 0.374 e. The van der Waals surface area contributed by atoms with Crippen LogP contribution < -0.4 is 5.32 Å². The Morgan fingerprint density at radius 2 is 2.10 bits per heavy atom. The van der Waals surface area contributed by atoms with Gasteiger partial charge in [-0.1, -0.05) is 25.1 Å². The number of aromatic nitrogens is 1. The van der Waals surface area contributed by atoms with Gasteiger partial charge in [-0.15, -0.1) is 0 Å². The van der Waals surface area contributed by atoms with Gasteiger partial charge in [0.15, 0.2) is 0 Å². The first kappa shape index (κ1) is 14.9. The van der Waals surface area contributed by atoms with Crippen LogP contribution in [0.25, 0.3) is 10.9 Å². The maximum absolute atomic E-state index is 6.02. The van der Waals surface area contributed by atoms with Crippen molar-refractivity contribution in [2.45, 2.75) is 38.8 Å². The van der Waals surface area contributed by atoms with E-state index in [1.54, 1.807) is 0 Å². The second-order valence-corrected chi connectivity index (χ2v) is 5.28. The average molecular weight is 272 g/mol. The van der Waals surface area contributed by atoms with Crippen LogP contribution in [0.2, 0.25) is 0 Å². The highest BCUT2D eigenvalue weighted by Gasteiger charge is 2.33. The fourth-order valence-corrected chi connectivity index (χ4v) is 2.81. The van der Waals surface area contributed by atoms with E-state index in [4.69, 9.17) is 4.74 Å². The Bertz CT molecular complexity index is 570. The van der Waals surface area contributed by atoms with Gasteiger partial charge >= 0.3 is 0 Å². The molecule has 2 aromatic rings. The molecule has 0 bridgehead atoms. The number of fused-ring (bicyclic) bond motifs is 1. The van der Waals surface area contributed by atoms with Gasteiger partial charge < -0.3 is 10.1 Å². The summed E-state index contributed by atoms with van der Waals surface area (Å²) in [6, 6.07) is 10.7. The predicted molar refractivity (Wildman–Crippen MR) is 83.9 cm³/mol. The Morgan fingerprint density at radius 1 is 1.30 bits per heavy atom. The predicted octanol–water partition coefficient (Wildman–Crippen LogP) is 3.70. The van der Waals surface area contributed by atoms with E-state index >= 15 is 0 Å². The van der Waals surface area contributed by atoms with Crippen molar-refractivity contribution in [3.63, 3.8) is 0 Å². The third-order valence-corrected chi connectivity index (χ3v) is 4.04. The van der Waals surface area contributed by atoms with Crippen molar-refractivity contribution in [1.82, 2.24) is 10.3 Å². The van der Waals surface area contributed by atoms with Crippen LogP contribution in [0.3, 0.4) is 0 Å². The molecule has 0 radical (unpaired) electrons. The van der Waals surface area contributed by atoms with Crippen molar-refractivity contribution in [3.05, 3.63) is 42.1 Å². The maximum atomic E-state index is 6.02. The van der Waals surface area contributed by atoms with E-state index in [0.717, 1.165) is 11.9 Å². The number of nitrogens with one attached hydrogen (secondary N) is 1. The molecule has 0 saturated carbocycles. The zero-order chi connectivity index (χ0) is 14.6. The minimum Gasteiger partial charge on any atom is -0.374 e. The van der Waals surface area contributed by atoms with Crippen LogP contribution in [0, 0.1) is 0 Å². The highest BCUT2D eigenvalue weighted by molar-refractivity contribution is 5.79. The summed E-state index contributed by atoms with van der Waals surface area (Å²) in [5.41, 5.74) is 2.03. The van der Waals surface area contributed by atoms with Gasteiger partial charge in [-0.2, -0.15) is 0 Å². The van der Waals surface area contributed by atoms with Crippen LogP contribution in [0.15, 0.2) is 36.5 Å². The number of ether oxygens (including phenoxy) is 1. The van der Waals surface area contributed by atoms with Crippen LogP contribution in [0.5, 0.6) is 0 Å². The van der Waals surface area contributed by atoms with Gasteiger partial charge in [0.05, 0.1) is 17.2 Å². The second kappa shape index (κ2) is 6.33. The first-order valence-electron chi connectivity index (χ1n) is 7.30. The molecule has 0 spiro atoms. The number of benzene rings is 1.